The molecule has 1 N–H and O–H groups in total. The summed E-state index contributed by atoms with van der Waals surface area (Å²) in [7, 11) is 0. The molecule has 2 saturated heterocycles. The predicted octanol–water partition coefficient (Wildman–Crippen LogP) is 1.69. The summed E-state index contributed by atoms with van der Waals surface area (Å²) in [5.74, 6) is 1.01. The van der Waals surface area contributed by atoms with Gasteiger partial charge in [0, 0.05) is 45.6 Å². The molecule has 0 spiro atoms. The van der Waals surface area contributed by atoms with Gasteiger partial charge in [-0.2, -0.15) is 0 Å². The first kappa shape index (κ1) is 14.8. The maximum atomic E-state index is 6.08. The molecule has 0 saturated carbocycles. The van der Waals surface area contributed by atoms with Gasteiger partial charge in [-0.3, -0.25) is 0 Å². The van der Waals surface area contributed by atoms with E-state index in [4.69, 9.17) is 9.47 Å². The van der Waals surface area contributed by atoms with Gasteiger partial charge in [-0.15, -0.1) is 0 Å². The molecule has 2 fully saturated rings. The van der Waals surface area contributed by atoms with Crippen molar-refractivity contribution in [2.24, 2.45) is 0 Å². The van der Waals surface area contributed by atoms with E-state index in [0.29, 0.717) is 6.10 Å². The van der Waals surface area contributed by atoms with Crippen LogP contribution in [-0.2, 0) is 11.2 Å². The number of nitrogens with one attached hydrogen (secondary N) is 1. The third-order valence-electron chi connectivity index (χ3n) is 4.30. The summed E-state index contributed by atoms with van der Waals surface area (Å²) in [6, 6.07) is 8.60. The van der Waals surface area contributed by atoms with E-state index in [1.54, 1.807) is 0 Å². The van der Waals surface area contributed by atoms with Crippen LogP contribution < -0.4 is 10.1 Å². The summed E-state index contributed by atoms with van der Waals surface area (Å²) < 4.78 is 11.5. The first-order valence-corrected chi connectivity index (χ1v) is 8.16. The molecule has 2 heterocycles. The van der Waals surface area contributed by atoms with Crippen molar-refractivity contribution in [1.82, 2.24) is 10.2 Å². The minimum atomic E-state index is 0.321. The molecule has 2 aliphatic rings. The monoisotopic (exact) mass is 290 g/mol. The van der Waals surface area contributed by atoms with E-state index in [9.17, 15) is 0 Å². The molecule has 0 unspecified atom stereocenters. The number of rotatable bonds is 5. The highest BCUT2D eigenvalue weighted by atomic mass is 16.5. The summed E-state index contributed by atoms with van der Waals surface area (Å²) in [6.45, 7) is 7.36. The van der Waals surface area contributed by atoms with Crippen molar-refractivity contribution in [3.05, 3.63) is 29.8 Å². The van der Waals surface area contributed by atoms with Crippen molar-refractivity contribution in [3.63, 3.8) is 0 Å². The number of piperazine rings is 1. The number of nitrogens with zero attached hydrogens (tertiary/aromatic N) is 1. The Labute approximate surface area is 127 Å². The number of benzene rings is 1. The maximum Gasteiger partial charge on any atom is 0.119 e. The molecule has 21 heavy (non-hydrogen) atoms. The number of hydrogen-bond acceptors (Lipinski definition) is 4. The van der Waals surface area contributed by atoms with Gasteiger partial charge in [-0.1, -0.05) is 12.1 Å². The van der Waals surface area contributed by atoms with Crippen LogP contribution in [0, 0.1) is 0 Å². The Balaban J connectivity index is 1.50. The van der Waals surface area contributed by atoms with Crippen molar-refractivity contribution >= 4 is 0 Å². The Hall–Kier alpha value is -1.10. The molecule has 0 radical (unpaired) electrons. The molecule has 3 rings (SSSR count). The molecule has 4 heteroatoms. The van der Waals surface area contributed by atoms with E-state index in [1.165, 1.54) is 5.56 Å². The first-order chi connectivity index (χ1) is 10.4. The second-order valence-corrected chi connectivity index (χ2v) is 5.92. The lowest BCUT2D eigenvalue weighted by Gasteiger charge is -2.27. The maximum absolute atomic E-state index is 6.08. The van der Waals surface area contributed by atoms with Crippen molar-refractivity contribution in [1.29, 1.82) is 0 Å². The third-order valence-corrected chi connectivity index (χ3v) is 4.30. The van der Waals surface area contributed by atoms with E-state index < -0.39 is 0 Å². The average Bonchev–Trinajstić information content (AvgIpc) is 2.55. The van der Waals surface area contributed by atoms with Gasteiger partial charge in [-0.05, 0) is 24.1 Å². The topological polar surface area (TPSA) is 33.7 Å². The minimum absolute atomic E-state index is 0.321. The van der Waals surface area contributed by atoms with Gasteiger partial charge in [0.05, 0.1) is 13.2 Å². The van der Waals surface area contributed by atoms with E-state index in [1.807, 2.05) is 0 Å². The fraction of sp³-hybridized carbons (Fsp3) is 0.647. The molecular weight excluding hydrogens is 264 g/mol. The van der Waals surface area contributed by atoms with Crippen molar-refractivity contribution in [3.8, 4) is 5.75 Å². The van der Waals surface area contributed by atoms with Crippen molar-refractivity contribution < 1.29 is 9.47 Å². The summed E-state index contributed by atoms with van der Waals surface area (Å²) in [6.07, 6.45) is 3.43. The van der Waals surface area contributed by atoms with Gasteiger partial charge in [0.2, 0.25) is 0 Å². The average molecular weight is 290 g/mol. The lowest BCUT2D eigenvalue weighted by molar-refractivity contribution is 0.0255. The van der Waals surface area contributed by atoms with Gasteiger partial charge in [-0.25, -0.2) is 0 Å². The van der Waals surface area contributed by atoms with E-state index in [-0.39, 0.29) is 0 Å². The molecule has 0 aliphatic carbocycles. The van der Waals surface area contributed by atoms with Crippen LogP contribution in [-0.4, -0.2) is 56.9 Å². The molecule has 4 nitrogen and oxygen atoms in total. The summed E-state index contributed by atoms with van der Waals surface area (Å²) in [5, 5.41) is 3.40. The van der Waals surface area contributed by atoms with Crippen LogP contribution >= 0.6 is 0 Å². The molecular formula is C17H26N2O2. The quantitative estimate of drug-likeness (QED) is 0.895. The Bertz CT molecular complexity index is 427. The van der Waals surface area contributed by atoms with Crippen molar-refractivity contribution in [2.75, 3.05) is 45.9 Å². The Morgan fingerprint density at radius 3 is 2.81 bits per heavy atom. The summed E-state index contributed by atoms with van der Waals surface area (Å²) >= 11 is 0. The Morgan fingerprint density at radius 1 is 1.19 bits per heavy atom. The highest BCUT2D eigenvalue weighted by Crippen LogP contribution is 2.19. The zero-order valence-corrected chi connectivity index (χ0v) is 12.7. The summed E-state index contributed by atoms with van der Waals surface area (Å²) in [5.41, 5.74) is 1.37. The smallest absolute Gasteiger partial charge is 0.119 e. The summed E-state index contributed by atoms with van der Waals surface area (Å²) in [4.78, 5) is 2.53. The van der Waals surface area contributed by atoms with Gasteiger partial charge in [0.15, 0.2) is 0 Å². The van der Waals surface area contributed by atoms with Gasteiger partial charge in [0.1, 0.15) is 11.9 Å². The molecule has 0 atom stereocenters. The highest BCUT2D eigenvalue weighted by Gasteiger charge is 2.15. The van der Waals surface area contributed by atoms with Crippen LogP contribution in [0.15, 0.2) is 24.3 Å². The van der Waals surface area contributed by atoms with Crippen molar-refractivity contribution in [2.45, 2.75) is 25.4 Å². The van der Waals surface area contributed by atoms with Gasteiger partial charge < -0.3 is 19.7 Å². The standard InChI is InChI=1S/C17H26N2O2/c1-2-15(4-9-19-10-7-18-8-11-19)14-17(3-1)21-16-5-12-20-13-6-16/h1-3,14,16,18H,4-13H2. The van der Waals surface area contributed by atoms with Crippen LogP contribution in [0.2, 0.25) is 0 Å². The second-order valence-electron chi connectivity index (χ2n) is 5.92. The molecule has 0 bridgehead atoms. The fourth-order valence-electron chi connectivity index (χ4n) is 2.98. The zero-order valence-electron chi connectivity index (χ0n) is 12.7. The number of ether oxygens (including phenoxy) is 2. The van der Waals surface area contributed by atoms with E-state index in [2.05, 4.69) is 34.5 Å². The Kier molecular flexibility index (Phi) is 5.49. The van der Waals surface area contributed by atoms with Gasteiger partial charge >= 0.3 is 0 Å². The van der Waals surface area contributed by atoms with Crippen LogP contribution in [0.25, 0.3) is 0 Å². The first-order valence-electron chi connectivity index (χ1n) is 8.16. The second kappa shape index (κ2) is 7.78. The highest BCUT2D eigenvalue weighted by molar-refractivity contribution is 5.29. The lowest BCUT2D eigenvalue weighted by atomic mass is 10.1. The van der Waals surface area contributed by atoms with E-state index >= 15 is 0 Å². The third kappa shape index (κ3) is 4.70. The molecule has 0 aromatic heterocycles. The van der Waals surface area contributed by atoms with Crippen LogP contribution in [0.4, 0.5) is 0 Å². The fourth-order valence-corrected chi connectivity index (χ4v) is 2.98. The normalized spacial score (nSPS) is 21.3. The Morgan fingerprint density at radius 2 is 2.00 bits per heavy atom. The van der Waals surface area contributed by atoms with Gasteiger partial charge in [0.25, 0.3) is 0 Å². The largest absolute Gasteiger partial charge is 0.490 e. The lowest BCUT2D eigenvalue weighted by Crippen LogP contribution is -2.44. The van der Waals surface area contributed by atoms with Crippen LogP contribution in [0.5, 0.6) is 5.75 Å². The molecule has 1 aromatic rings. The predicted molar refractivity (Wildman–Crippen MR) is 83.9 cm³/mol. The zero-order chi connectivity index (χ0) is 14.3. The minimum Gasteiger partial charge on any atom is -0.490 e. The van der Waals surface area contributed by atoms with Crippen LogP contribution in [0.1, 0.15) is 18.4 Å². The number of hydrogen-bond donors (Lipinski definition) is 1. The SMILES string of the molecule is c1cc(CCN2CCNCC2)cc(OC2CCOCC2)c1. The van der Waals surface area contributed by atoms with Crippen LogP contribution in [0.3, 0.4) is 0 Å². The molecule has 1 aromatic carbocycles. The molecule has 116 valence electrons. The van der Waals surface area contributed by atoms with E-state index in [0.717, 1.165) is 70.9 Å². The molecule has 2 aliphatic heterocycles. The molecule has 0 amide bonds.